The van der Waals surface area contributed by atoms with E-state index >= 15 is 0 Å². The summed E-state index contributed by atoms with van der Waals surface area (Å²) in [6.45, 7) is 2.66. The summed E-state index contributed by atoms with van der Waals surface area (Å²) in [5.74, 6) is 0.602. The second-order valence-corrected chi connectivity index (χ2v) is 3.50. The minimum atomic E-state index is 0.602. The molecule has 0 aliphatic rings. The van der Waals surface area contributed by atoms with Gasteiger partial charge in [0.15, 0.2) is 0 Å². The smallest absolute Gasteiger partial charge is 0.237 e. The Hall–Kier alpha value is -2.04. The fourth-order valence-corrected chi connectivity index (χ4v) is 1.42. The highest BCUT2D eigenvalue weighted by Crippen LogP contribution is 2.22. The van der Waals surface area contributed by atoms with E-state index in [0.29, 0.717) is 12.4 Å². The summed E-state index contributed by atoms with van der Waals surface area (Å²) in [7, 11) is 1.61. The molecule has 2 aromatic heterocycles. The van der Waals surface area contributed by atoms with E-state index in [2.05, 4.69) is 20.5 Å². The number of ether oxygens (including phenoxy) is 1. The first-order valence-corrected chi connectivity index (χ1v) is 5.02. The molecule has 2 rings (SSSR count). The molecule has 0 bridgehead atoms. The molecule has 0 amide bonds. The van der Waals surface area contributed by atoms with Gasteiger partial charge in [0, 0.05) is 12.4 Å². The van der Waals surface area contributed by atoms with Gasteiger partial charge in [0.05, 0.1) is 25.0 Å². The second-order valence-electron chi connectivity index (χ2n) is 3.50. The van der Waals surface area contributed by atoms with Crippen LogP contribution in [-0.4, -0.2) is 22.3 Å². The summed E-state index contributed by atoms with van der Waals surface area (Å²) in [6, 6.07) is 3.92. The number of hydrogen-bond acceptors (Lipinski definition) is 4. The standard InChI is InChI=1S/C11H14N4O/c1-8-5-10(11(16-2)13-6-8)12-7-9-3-4-14-15-9/h3-6,12H,7H2,1-2H3,(H,14,15). The Morgan fingerprint density at radius 3 is 3.06 bits per heavy atom. The van der Waals surface area contributed by atoms with E-state index in [9.17, 15) is 0 Å². The maximum atomic E-state index is 5.17. The van der Waals surface area contributed by atoms with Crippen molar-refractivity contribution in [2.24, 2.45) is 0 Å². The number of hydrogen-bond donors (Lipinski definition) is 2. The summed E-state index contributed by atoms with van der Waals surface area (Å²) in [4.78, 5) is 4.19. The van der Waals surface area contributed by atoms with Gasteiger partial charge in [-0.05, 0) is 24.6 Å². The van der Waals surface area contributed by atoms with Gasteiger partial charge in [0.1, 0.15) is 0 Å². The van der Waals surface area contributed by atoms with Crippen LogP contribution in [0.15, 0.2) is 24.5 Å². The molecular weight excluding hydrogens is 204 g/mol. The van der Waals surface area contributed by atoms with E-state index in [1.54, 1.807) is 19.5 Å². The molecule has 0 saturated heterocycles. The maximum Gasteiger partial charge on any atom is 0.237 e. The van der Waals surface area contributed by atoms with Gasteiger partial charge in [-0.1, -0.05) is 0 Å². The Morgan fingerprint density at radius 2 is 2.38 bits per heavy atom. The number of anilines is 1. The third-order valence-electron chi connectivity index (χ3n) is 2.21. The number of H-pyrrole nitrogens is 1. The third-order valence-corrected chi connectivity index (χ3v) is 2.21. The Morgan fingerprint density at radius 1 is 1.50 bits per heavy atom. The first-order valence-electron chi connectivity index (χ1n) is 5.02. The van der Waals surface area contributed by atoms with Crippen molar-refractivity contribution in [1.29, 1.82) is 0 Å². The molecule has 2 heterocycles. The van der Waals surface area contributed by atoms with Gasteiger partial charge in [0.25, 0.3) is 0 Å². The number of rotatable bonds is 4. The molecule has 0 radical (unpaired) electrons. The van der Waals surface area contributed by atoms with Crippen molar-refractivity contribution in [2.75, 3.05) is 12.4 Å². The predicted octanol–water partition coefficient (Wildman–Crippen LogP) is 1.73. The molecule has 0 spiro atoms. The zero-order valence-electron chi connectivity index (χ0n) is 9.32. The van der Waals surface area contributed by atoms with Crippen LogP contribution in [0.25, 0.3) is 0 Å². The molecule has 2 aromatic rings. The van der Waals surface area contributed by atoms with Crippen molar-refractivity contribution in [3.63, 3.8) is 0 Å². The summed E-state index contributed by atoms with van der Waals surface area (Å²) in [5.41, 5.74) is 2.99. The van der Waals surface area contributed by atoms with Crippen LogP contribution in [-0.2, 0) is 6.54 Å². The SMILES string of the molecule is COc1ncc(C)cc1NCc1ccn[nH]1. The highest BCUT2D eigenvalue weighted by atomic mass is 16.5. The van der Waals surface area contributed by atoms with Gasteiger partial charge >= 0.3 is 0 Å². The summed E-state index contributed by atoms with van der Waals surface area (Å²) in [5, 5.41) is 10.0. The lowest BCUT2D eigenvalue weighted by molar-refractivity contribution is 0.399. The van der Waals surface area contributed by atoms with Crippen LogP contribution in [0.4, 0.5) is 5.69 Å². The fourth-order valence-electron chi connectivity index (χ4n) is 1.42. The van der Waals surface area contributed by atoms with Gasteiger partial charge in [-0.15, -0.1) is 0 Å². The van der Waals surface area contributed by atoms with Gasteiger partial charge in [-0.3, -0.25) is 5.10 Å². The Labute approximate surface area is 93.9 Å². The van der Waals surface area contributed by atoms with Crippen LogP contribution in [0.5, 0.6) is 5.88 Å². The van der Waals surface area contributed by atoms with Crippen LogP contribution in [0.1, 0.15) is 11.3 Å². The van der Waals surface area contributed by atoms with Crippen molar-refractivity contribution >= 4 is 5.69 Å². The summed E-state index contributed by atoms with van der Waals surface area (Å²) in [6.07, 6.45) is 3.50. The number of methoxy groups -OCH3 is 1. The van der Waals surface area contributed by atoms with E-state index in [-0.39, 0.29) is 0 Å². The number of nitrogens with zero attached hydrogens (tertiary/aromatic N) is 2. The molecule has 0 unspecified atom stereocenters. The predicted molar refractivity (Wildman–Crippen MR) is 61.4 cm³/mol. The molecule has 0 aliphatic carbocycles. The quantitative estimate of drug-likeness (QED) is 0.820. The highest BCUT2D eigenvalue weighted by Gasteiger charge is 2.04. The van der Waals surface area contributed by atoms with Crippen molar-refractivity contribution in [1.82, 2.24) is 15.2 Å². The van der Waals surface area contributed by atoms with E-state index in [0.717, 1.165) is 16.9 Å². The molecule has 5 nitrogen and oxygen atoms in total. The Bertz CT molecular complexity index is 453. The van der Waals surface area contributed by atoms with Crippen LogP contribution in [0.3, 0.4) is 0 Å². The van der Waals surface area contributed by atoms with Crippen LogP contribution >= 0.6 is 0 Å². The Kier molecular flexibility index (Phi) is 3.05. The van der Waals surface area contributed by atoms with Crippen molar-refractivity contribution in [3.8, 4) is 5.88 Å². The first-order chi connectivity index (χ1) is 7.79. The van der Waals surface area contributed by atoms with Crippen LogP contribution in [0, 0.1) is 6.92 Å². The second kappa shape index (κ2) is 4.65. The number of aromatic nitrogens is 3. The monoisotopic (exact) mass is 218 g/mol. The molecule has 0 aliphatic heterocycles. The van der Waals surface area contributed by atoms with E-state index in [4.69, 9.17) is 4.74 Å². The average molecular weight is 218 g/mol. The molecular formula is C11H14N4O. The molecule has 0 atom stereocenters. The van der Waals surface area contributed by atoms with Gasteiger partial charge in [-0.2, -0.15) is 5.10 Å². The molecule has 2 N–H and O–H groups in total. The van der Waals surface area contributed by atoms with Gasteiger partial charge in [0.2, 0.25) is 5.88 Å². The van der Waals surface area contributed by atoms with Crippen molar-refractivity contribution in [2.45, 2.75) is 13.5 Å². The third kappa shape index (κ3) is 2.31. The van der Waals surface area contributed by atoms with Crippen molar-refractivity contribution in [3.05, 3.63) is 35.8 Å². The van der Waals surface area contributed by atoms with E-state index < -0.39 is 0 Å². The van der Waals surface area contributed by atoms with Gasteiger partial charge in [-0.25, -0.2) is 4.98 Å². The zero-order valence-corrected chi connectivity index (χ0v) is 9.32. The van der Waals surface area contributed by atoms with E-state index in [1.165, 1.54) is 0 Å². The lowest BCUT2D eigenvalue weighted by atomic mass is 10.3. The minimum absolute atomic E-state index is 0.602. The summed E-state index contributed by atoms with van der Waals surface area (Å²) >= 11 is 0. The van der Waals surface area contributed by atoms with Crippen molar-refractivity contribution < 1.29 is 4.74 Å². The molecule has 16 heavy (non-hydrogen) atoms. The van der Waals surface area contributed by atoms with Crippen LogP contribution in [0.2, 0.25) is 0 Å². The molecule has 0 fully saturated rings. The molecule has 84 valence electrons. The average Bonchev–Trinajstić information content (AvgIpc) is 2.79. The molecule has 0 aromatic carbocycles. The normalized spacial score (nSPS) is 10.1. The van der Waals surface area contributed by atoms with Crippen LogP contribution < -0.4 is 10.1 Å². The molecule has 0 saturated carbocycles. The zero-order chi connectivity index (χ0) is 11.4. The maximum absolute atomic E-state index is 5.17. The number of aryl methyl sites for hydroxylation is 1. The minimum Gasteiger partial charge on any atom is -0.480 e. The van der Waals surface area contributed by atoms with Gasteiger partial charge < -0.3 is 10.1 Å². The lowest BCUT2D eigenvalue weighted by Gasteiger charge is -2.09. The largest absolute Gasteiger partial charge is 0.480 e. The molecule has 5 heteroatoms. The first kappa shape index (κ1) is 10.5. The fraction of sp³-hybridized carbons (Fsp3) is 0.273. The highest BCUT2D eigenvalue weighted by molar-refractivity contribution is 5.53. The summed E-state index contributed by atoms with van der Waals surface area (Å²) < 4.78 is 5.17. The lowest BCUT2D eigenvalue weighted by Crippen LogP contribution is -2.03. The number of aromatic amines is 1. The topological polar surface area (TPSA) is 62.8 Å². The number of nitrogens with one attached hydrogen (secondary N) is 2. The Balaban J connectivity index is 2.11. The number of pyridine rings is 1. The van der Waals surface area contributed by atoms with E-state index in [1.807, 2.05) is 19.1 Å².